The third-order valence-corrected chi connectivity index (χ3v) is 2.94. The number of ether oxygens (including phenoxy) is 1. The summed E-state index contributed by atoms with van der Waals surface area (Å²) in [6, 6.07) is 0.516. The number of carbonyl (C=O) groups is 1. The topological polar surface area (TPSA) is 50.4 Å². The molecule has 1 amide bonds. The van der Waals surface area contributed by atoms with E-state index in [0.717, 1.165) is 38.5 Å². The zero-order valence-corrected chi connectivity index (χ0v) is 9.71. The van der Waals surface area contributed by atoms with E-state index >= 15 is 0 Å². The number of carbonyl (C=O) groups excluding carboxylic acids is 1. The van der Waals surface area contributed by atoms with Crippen LogP contribution in [-0.4, -0.2) is 38.3 Å². The van der Waals surface area contributed by atoms with Crippen LogP contribution >= 0.6 is 0 Å². The molecule has 0 bridgehead atoms. The van der Waals surface area contributed by atoms with Gasteiger partial charge in [-0.15, -0.1) is 0 Å². The molecule has 1 aliphatic rings. The van der Waals surface area contributed by atoms with Crippen LogP contribution in [0.5, 0.6) is 0 Å². The van der Waals surface area contributed by atoms with Crippen molar-refractivity contribution in [1.29, 1.82) is 0 Å². The van der Waals surface area contributed by atoms with Crippen molar-refractivity contribution in [2.45, 2.75) is 32.7 Å². The molecule has 4 nitrogen and oxygen atoms in total. The second-order valence-electron chi connectivity index (χ2n) is 4.18. The highest BCUT2D eigenvalue weighted by molar-refractivity contribution is 5.72. The average molecular weight is 214 g/mol. The molecule has 1 fully saturated rings. The van der Waals surface area contributed by atoms with E-state index in [-0.39, 0.29) is 5.91 Å². The van der Waals surface area contributed by atoms with Crippen LogP contribution in [0.2, 0.25) is 0 Å². The van der Waals surface area contributed by atoms with E-state index in [9.17, 15) is 4.79 Å². The lowest BCUT2D eigenvalue weighted by Gasteiger charge is -2.28. The SMILES string of the molecule is CC(=O)NCCNC(C)C1CCOCC1. The van der Waals surface area contributed by atoms with E-state index in [2.05, 4.69) is 17.6 Å². The van der Waals surface area contributed by atoms with Crippen LogP contribution in [0.1, 0.15) is 26.7 Å². The maximum absolute atomic E-state index is 10.6. The number of hydrogen-bond donors (Lipinski definition) is 2. The minimum absolute atomic E-state index is 0.0375. The van der Waals surface area contributed by atoms with Gasteiger partial charge in [-0.1, -0.05) is 0 Å². The molecule has 88 valence electrons. The zero-order chi connectivity index (χ0) is 11.1. The Morgan fingerprint density at radius 2 is 2.07 bits per heavy atom. The number of nitrogens with one attached hydrogen (secondary N) is 2. The van der Waals surface area contributed by atoms with Crippen molar-refractivity contribution in [3.8, 4) is 0 Å². The van der Waals surface area contributed by atoms with Crippen molar-refractivity contribution < 1.29 is 9.53 Å². The van der Waals surface area contributed by atoms with Crippen LogP contribution in [0.25, 0.3) is 0 Å². The Hall–Kier alpha value is -0.610. The van der Waals surface area contributed by atoms with Gasteiger partial charge in [0.05, 0.1) is 0 Å². The molecular weight excluding hydrogens is 192 g/mol. The number of hydrogen-bond acceptors (Lipinski definition) is 3. The first-order valence-corrected chi connectivity index (χ1v) is 5.75. The van der Waals surface area contributed by atoms with E-state index in [1.165, 1.54) is 0 Å². The minimum Gasteiger partial charge on any atom is -0.381 e. The molecule has 0 aromatic rings. The van der Waals surface area contributed by atoms with Crippen molar-refractivity contribution in [3.63, 3.8) is 0 Å². The molecule has 1 rings (SSSR count). The summed E-state index contributed by atoms with van der Waals surface area (Å²) < 4.78 is 5.32. The molecule has 4 heteroatoms. The molecule has 1 aliphatic heterocycles. The van der Waals surface area contributed by atoms with Crippen LogP contribution in [-0.2, 0) is 9.53 Å². The van der Waals surface area contributed by atoms with E-state index < -0.39 is 0 Å². The molecule has 0 radical (unpaired) electrons. The van der Waals surface area contributed by atoms with Gasteiger partial charge in [0, 0.05) is 39.3 Å². The molecule has 1 heterocycles. The van der Waals surface area contributed by atoms with Crippen LogP contribution in [0.3, 0.4) is 0 Å². The average Bonchev–Trinajstić information content (AvgIpc) is 2.25. The van der Waals surface area contributed by atoms with Crippen molar-refractivity contribution in [2.24, 2.45) is 5.92 Å². The first-order valence-electron chi connectivity index (χ1n) is 5.75. The van der Waals surface area contributed by atoms with Gasteiger partial charge in [0.15, 0.2) is 0 Å². The number of rotatable bonds is 5. The fraction of sp³-hybridized carbons (Fsp3) is 0.909. The fourth-order valence-electron chi connectivity index (χ4n) is 1.92. The second-order valence-corrected chi connectivity index (χ2v) is 4.18. The fourth-order valence-corrected chi connectivity index (χ4v) is 1.92. The summed E-state index contributed by atoms with van der Waals surface area (Å²) in [7, 11) is 0. The largest absolute Gasteiger partial charge is 0.381 e. The van der Waals surface area contributed by atoms with Gasteiger partial charge < -0.3 is 15.4 Å². The zero-order valence-electron chi connectivity index (χ0n) is 9.71. The molecule has 0 aromatic carbocycles. The normalized spacial score (nSPS) is 19.9. The van der Waals surface area contributed by atoms with Gasteiger partial charge in [0.1, 0.15) is 0 Å². The van der Waals surface area contributed by atoms with Gasteiger partial charge in [-0.3, -0.25) is 4.79 Å². The maximum Gasteiger partial charge on any atom is 0.216 e. The van der Waals surface area contributed by atoms with Gasteiger partial charge in [-0.2, -0.15) is 0 Å². The summed E-state index contributed by atoms with van der Waals surface area (Å²) in [5, 5.41) is 6.22. The van der Waals surface area contributed by atoms with Crippen LogP contribution < -0.4 is 10.6 Å². The molecule has 0 aliphatic carbocycles. The Morgan fingerprint density at radius 3 is 2.67 bits per heavy atom. The summed E-state index contributed by atoms with van der Waals surface area (Å²) in [5.74, 6) is 0.756. The Bertz CT molecular complexity index is 191. The van der Waals surface area contributed by atoms with Crippen LogP contribution in [0.4, 0.5) is 0 Å². The first kappa shape index (κ1) is 12.5. The van der Waals surface area contributed by atoms with E-state index in [1.54, 1.807) is 6.92 Å². The molecule has 2 N–H and O–H groups in total. The number of amides is 1. The summed E-state index contributed by atoms with van der Waals surface area (Å²) in [6.07, 6.45) is 2.29. The molecule has 0 saturated carbocycles. The highest BCUT2D eigenvalue weighted by Gasteiger charge is 2.19. The molecule has 0 spiro atoms. The van der Waals surface area contributed by atoms with Crippen LogP contribution in [0.15, 0.2) is 0 Å². The highest BCUT2D eigenvalue weighted by Crippen LogP contribution is 2.18. The van der Waals surface area contributed by atoms with Crippen molar-refractivity contribution in [1.82, 2.24) is 10.6 Å². The van der Waals surface area contributed by atoms with Gasteiger partial charge in [0.25, 0.3) is 0 Å². The maximum atomic E-state index is 10.6. The third-order valence-electron chi connectivity index (χ3n) is 2.94. The predicted octanol–water partition coefficient (Wildman–Crippen LogP) is 0.527. The standard InChI is InChI=1S/C11H22N2O2/c1-9(11-3-7-15-8-4-11)12-5-6-13-10(2)14/h9,11-12H,3-8H2,1-2H3,(H,13,14). The lowest BCUT2D eigenvalue weighted by Crippen LogP contribution is -2.40. The lowest BCUT2D eigenvalue weighted by molar-refractivity contribution is -0.118. The summed E-state index contributed by atoms with van der Waals surface area (Å²) in [6.45, 7) is 7.09. The Morgan fingerprint density at radius 1 is 1.40 bits per heavy atom. The molecule has 1 atom stereocenters. The van der Waals surface area contributed by atoms with E-state index in [0.29, 0.717) is 12.6 Å². The minimum atomic E-state index is 0.0375. The molecule has 1 saturated heterocycles. The van der Waals surface area contributed by atoms with Gasteiger partial charge in [-0.25, -0.2) is 0 Å². The monoisotopic (exact) mass is 214 g/mol. The molecular formula is C11H22N2O2. The Balaban J connectivity index is 2.06. The van der Waals surface area contributed by atoms with E-state index in [1.807, 2.05) is 0 Å². The van der Waals surface area contributed by atoms with E-state index in [4.69, 9.17) is 4.74 Å². The smallest absolute Gasteiger partial charge is 0.216 e. The molecule has 0 aromatic heterocycles. The summed E-state index contributed by atoms with van der Waals surface area (Å²) in [5.41, 5.74) is 0. The first-order chi connectivity index (χ1) is 7.20. The van der Waals surface area contributed by atoms with Gasteiger partial charge in [0.2, 0.25) is 5.91 Å². The Kier molecular flexibility index (Phi) is 5.65. The summed E-state index contributed by atoms with van der Waals surface area (Å²) >= 11 is 0. The molecule has 15 heavy (non-hydrogen) atoms. The highest BCUT2D eigenvalue weighted by atomic mass is 16.5. The van der Waals surface area contributed by atoms with Gasteiger partial charge in [-0.05, 0) is 25.7 Å². The summed E-state index contributed by atoms with van der Waals surface area (Å²) in [4.78, 5) is 10.6. The lowest BCUT2D eigenvalue weighted by atomic mass is 9.93. The van der Waals surface area contributed by atoms with Gasteiger partial charge >= 0.3 is 0 Å². The third kappa shape index (κ3) is 5.14. The molecule has 1 unspecified atom stereocenters. The quantitative estimate of drug-likeness (QED) is 0.656. The van der Waals surface area contributed by atoms with Crippen LogP contribution in [0, 0.1) is 5.92 Å². The second kappa shape index (κ2) is 6.80. The van der Waals surface area contributed by atoms with Crippen molar-refractivity contribution in [2.75, 3.05) is 26.3 Å². The Labute approximate surface area is 91.8 Å². The predicted molar refractivity (Wildman–Crippen MR) is 59.7 cm³/mol. The van der Waals surface area contributed by atoms with Crippen molar-refractivity contribution >= 4 is 5.91 Å². The van der Waals surface area contributed by atoms with Crippen molar-refractivity contribution in [3.05, 3.63) is 0 Å².